The van der Waals surface area contributed by atoms with Crippen LogP contribution in [0.1, 0.15) is 59.8 Å². The summed E-state index contributed by atoms with van der Waals surface area (Å²) in [4.78, 5) is 38.6. The fourth-order valence-corrected chi connectivity index (χ4v) is 6.57. The van der Waals surface area contributed by atoms with Crippen LogP contribution in [0.4, 0.5) is 5.00 Å². The first-order chi connectivity index (χ1) is 13.0. The molecule has 146 valence electrons. The van der Waals surface area contributed by atoms with Crippen LogP contribution in [0.25, 0.3) is 0 Å². The predicted molar refractivity (Wildman–Crippen MR) is 101 cm³/mol. The average molecular weight is 391 g/mol. The molecule has 0 radical (unpaired) electrons. The van der Waals surface area contributed by atoms with Crippen LogP contribution in [0.2, 0.25) is 0 Å². The Morgan fingerprint density at radius 3 is 2.41 bits per heavy atom. The molecule has 2 atom stereocenters. The molecule has 1 amide bonds. The van der Waals surface area contributed by atoms with Crippen molar-refractivity contribution in [2.24, 2.45) is 23.7 Å². The second kappa shape index (κ2) is 7.26. The Morgan fingerprint density at radius 1 is 1.11 bits per heavy atom. The number of carbonyl (C=O) groups excluding carboxylic acids is 2. The zero-order chi connectivity index (χ0) is 19.1. The van der Waals surface area contributed by atoms with Crippen molar-refractivity contribution >= 4 is 34.2 Å². The Labute approximate surface area is 162 Å². The summed E-state index contributed by atoms with van der Waals surface area (Å²) in [5.74, 6) is -2.44. The van der Waals surface area contributed by atoms with Crippen molar-refractivity contribution in [2.45, 2.75) is 51.9 Å². The number of esters is 1. The van der Waals surface area contributed by atoms with E-state index in [1.165, 1.54) is 11.3 Å². The standard InChI is InChI=1S/C20H25NO5S/c1-2-26-20(25)16-12-4-3-5-13(12)27-18(16)21-17(22)14-10-6-8-11(9-7-10)15(14)19(23)24/h10-11,14-15H,2-9H2,1H3,(H,21,22)(H,23,24)/t10?,11?,14-,15+/m1/s1. The van der Waals surface area contributed by atoms with E-state index in [-0.39, 0.29) is 24.3 Å². The Morgan fingerprint density at radius 2 is 1.78 bits per heavy atom. The molecule has 0 aliphatic heterocycles. The first kappa shape index (κ1) is 18.5. The van der Waals surface area contributed by atoms with Gasteiger partial charge in [0.1, 0.15) is 5.00 Å². The molecule has 2 bridgehead atoms. The van der Waals surface area contributed by atoms with Gasteiger partial charge >= 0.3 is 11.9 Å². The molecule has 3 fully saturated rings. The van der Waals surface area contributed by atoms with Crippen LogP contribution in [0.3, 0.4) is 0 Å². The van der Waals surface area contributed by atoms with Gasteiger partial charge in [0.05, 0.1) is 24.0 Å². The minimum absolute atomic E-state index is 0.0844. The van der Waals surface area contributed by atoms with Crippen molar-refractivity contribution in [1.82, 2.24) is 0 Å². The van der Waals surface area contributed by atoms with Gasteiger partial charge in [0.2, 0.25) is 5.91 Å². The van der Waals surface area contributed by atoms with Gasteiger partial charge in [-0.1, -0.05) is 0 Å². The highest BCUT2D eigenvalue weighted by atomic mass is 32.1. The van der Waals surface area contributed by atoms with Crippen molar-refractivity contribution in [1.29, 1.82) is 0 Å². The molecule has 7 heteroatoms. The van der Waals surface area contributed by atoms with E-state index >= 15 is 0 Å². The molecule has 0 spiro atoms. The zero-order valence-electron chi connectivity index (χ0n) is 15.5. The van der Waals surface area contributed by atoms with Gasteiger partial charge in [0.15, 0.2) is 0 Å². The number of aryl methyl sites for hydroxylation is 1. The third-order valence-electron chi connectivity index (χ3n) is 6.44. The molecular weight excluding hydrogens is 366 g/mol. The number of aliphatic carboxylic acids is 1. The quantitative estimate of drug-likeness (QED) is 0.750. The summed E-state index contributed by atoms with van der Waals surface area (Å²) in [5.41, 5.74) is 1.48. The van der Waals surface area contributed by atoms with Gasteiger partial charge in [-0.3, -0.25) is 9.59 Å². The highest BCUT2D eigenvalue weighted by Gasteiger charge is 2.50. The number of ether oxygens (including phenoxy) is 1. The molecule has 3 saturated carbocycles. The average Bonchev–Trinajstić information content (AvgIpc) is 3.22. The van der Waals surface area contributed by atoms with Crippen molar-refractivity contribution in [3.05, 3.63) is 16.0 Å². The number of hydrogen-bond acceptors (Lipinski definition) is 5. The van der Waals surface area contributed by atoms with E-state index in [9.17, 15) is 19.5 Å². The van der Waals surface area contributed by atoms with Crippen molar-refractivity contribution in [2.75, 3.05) is 11.9 Å². The van der Waals surface area contributed by atoms with Gasteiger partial charge in [-0.05, 0) is 69.3 Å². The SMILES string of the molecule is CCOC(=O)c1c(NC(=O)[C@@H]2C3CCC(CC3)[C@@H]2C(=O)O)sc2c1CCC2. The van der Waals surface area contributed by atoms with E-state index in [2.05, 4.69) is 5.32 Å². The summed E-state index contributed by atoms with van der Waals surface area (Å²) < 4.78 is 5.21. The lowest BCUT2D eigenvalue weighted by atomic mass is 9.58. The van der Waals surface area contributed by atoms with Crippen molar-refractivity contribution < 1.29 is 24.2 Å². The van der Waals surface area contributed by atoms with Crippen LogP contribution in [0, 0.1) is 23.7 Å². The zero-order valence-corrected chi connectivity index (χ0v) is 16.3. The number of carbonyl (C=O) groups is 3. The molecule has 27 heavy (non-hydrogen) atoms. The highest BCUT2D eigenvalue weighted by molar-refractivity contribution is 7.17. The number of nitrogens with one attached hydrogen (secondary N) is 1. The maximum atomic E-state index is 13.1. The largest absolute Gasteiger partial charge is 0.481 e. The summed E-state index contributed by atoms with van der Waals surface area (Å²) in [7, 11) is 0. The molecule has 4 aliphatic rings. The third kappa shape index (κ3) is 3.16. The van der Waals surface area contributed by atoms with Crippen molar-refractivity contribution in [3.8, 4) is 0 Å². The van der Waals surface area contributed by atoms with Crippen LogP contribution in [-0.4, -0.2) is 29.6 Å². The molecular formula is C20H25NO5S. The summed E-state index contributed by atoms with van der Waals surface area (Å²) in [6, 6.07) is 0. The minimum atomic E-state index is -0.871. The lowest BCUT2D eigenvalue weighted by Gasteiger charge is -2.45. The fourth-order valence-electron chi connectivity index (χ4n) is 5.29. The highest BCUT2D eigenvalue weighted by Crippen LogP contribution is 2.50. The number of rotatable bonds is 5. The predicted octanol–water partition coefficient (Wildman–Crippen LogP) is 3.49. The van der Waals surface area contributed by atoms with Crippen LogP contribution in [-0.2, 0) is 27.2 Å². The second-order valence-electron chi connectivity index (χ2n) is 7.84. The maximum absolute atomic E-state index is 13.1. The molecule has 6 nitrogen and oxygen atoms in total. The Kier molecular flexibility index (Phi) is 4.97. The smallest absolute Gasteiger partial charge is 0.341 e. The van der Waals surface area contributed by atoms with E-state index in [0.717, 1.165) is 55.4 Å². The number of hydrogen-bond donors (Lipinski definition) is 2. The number of carboxylic acids is 1. The lowest BCUT2D eigenvalue weighted by Crippen LogP contribution is -2.49. The normalized spacial score (nSPS) is 28.6. The summed E-state index contributed by atoms with van der Waals surface area (Å²) >= 11 is 1.44. The molecule has 2 N–H and O–H groups in total. The first-order valence-electron chi connectivity index (χ1n) is 9.86. The van der Waals surface area contributed by atoms with E-state index in [1.54, 1.807) is 6.92 Å². The van der Waals surface area contributed by atoms with E-state index in [0.29, 0.717) is 10.6 Å². The van der Waals surface area contributed by atoms with Crippen LogP contribution in [0.15, 0.2) is 0 Å². The molecule has 4 aliphatic carbocycles. The van der Waals surface area contributed by atoms with Gasteiger partial charge in [-0.2, -0.15) is 0 Å². The number of thiophene rings is 1. The summed E-state index contributed by atoms with van der Waals surface area (Å²) in [5, 5.41) is 13.2. The molecule has 1 heterocycles. The maximum Gasteiger partial charge on any atom is 0.341 e. The number of carboxylic acid groups (broad SMARTS) is 1. The first-order valence-corrected chi connectivity index (χ1v) is 10.7. The second-order valence-corrected chi connectivity index (χ2v) is 8.94. The van der Waals surface area contributed by atoms with Gasteiger partial charge in [0, 0.05) is 4.88 Å². The number of amides is 1. The molecule has 1 aromatic rings. The lowest BCUT2D eigenvalue weighted by molar-refractivity contribution is -0.156. The van der Waals surface area contributed by atoms with E-state index in [1.807, 2.05) is 0 Å². The van der Waals surface area contributed by atoms with Gasteiger partial charge < -0.3 is 15.2 Å². The van der Waals surface area contributed by atoms with Crippen molar-refractivity contribution in [3.63, 3.8) is 0 Å². The molecule has 0 aromatic carbocycles. The van der Waals surface area contributed by atoms with Gasteiger partial charge in [-0.25, -0.2) is 4.79 Å². The monoisotopic (exact) mass is 391 g/mol. The molecule has 1 aromatic heterocycles. The Balaban J connectivity index is 1.61. The molecule has 5 rings (SSSR count). The van der Waals surface area contributed by atoms with E-state index < -0.39 is 23.8 Å². The number of fused-ring (bicyclic) bond motifs is 4. The molecule has 0 unspecified atom stereocenters. The molecule has 0 saturated heterocycles. The topological polar surface area (TPSA) is 92.7 Å². The third-order valence-corrected chi connectivity index (χ3v) is 7.65. The van der Waals surface area contributed by atoms with Gasteiger partial charge in [0.25, 0.3) is 0 Å². The number of anilines is 1. The van der Waals surface area contributed by atoms with E-state index in [4.69, 9.17) is 4.74 Å². The van der Waals surface area contributed by atoms with Crippen LogP contribution >= 0.6 is 11.3 Å². The van der Waals surface area contributed by atoms with Gasteiger partial charge in [-0.15, -0.1) is 11.3 Å². The minimum Gasteiger partial charge on any atom is -0.481 e. The summed E-state index contributed by atoms with van der Waals surface area (Å²) in [6.07, 6.45) is 6.36. The fraction of sp³-hybridized carbons (Fsp3) is 0.650. The summed E-state index contributed by atoms with van der Waals surface area (Å²) in [6.45, 7) is 2.04. The van der Waals surface area contributed by atoms with Crippen LogP contribution in [0.5, 0.6) is 0 Å². The van der Waals surface area contributed by atoms with Crippen LogP contribution < -0.4 is 5.32 Å². The Hall–Kier alpha value is -1.89. The Bertz CT molecular complexity index is 778.